The molecule has 0 radical (unpaired) electrons. The molecule has 0 saturated carbocycles. The van der Waals surface area contributed by atoms with Crippen LogP contribution in [0.5, 0.6) is 0 Å². The second kappa shape index (κ2) is 7.41. The van der Waals surface area contributed by atoms with Crippen molar-refractivity contribution in [1.29, 1.82) is 0 Å². The van der Waals surface area contributed by atoms with E-state index in [0.29, 0.717) is 19.0 Å². The molecule has 20 heavy (non-hydrogen) atoms. The second-order valence-electron chi connectivity index (χ2n) is 5.38. The highest BCUT2D eigenvalue weighted by molar-refractivity contribution is 5.94. The fourth-order valence-corrected chi connectivity index (χ4v) is 2.86. The summed E-state index contributed by atoms with van der Waals surface area (Å²) in [5.41, 5.74) is 0.964. The molecule has 4 nitrogen and oxygen atoms in total. The molecule has 1 heterocycles. The van der Waals surface area contributed by atoms with Crippen molar-refractivity contribution in [2.24, 2.45) is 5.92 Å². The Morgan fingerprint density at radius 3 is 2.80 bits per heavy atom. The van der Waals surface area contributed by atoms with Crippen LogP contribution in [-0.2, 0) is 4.79 Å². The molecule has 1 aromatic carbocycles. The average Bonchev–Trinajstić information content (AvgIpc) is 2.88. The number of likely N-dealkylation sites (N-methyl/N-ethyl adjacent to an activating group) is 1. The number of nitrogens with zero attached hydrogens (tertiary/aromatic N) is 2. The predicted molar refractivity (Wildman–Crippen MR) is 80.7 cm³/mol. The van der Waals surface area contributed by atoms with Crippen LogP contribution in [0.2, 0.25) is 0 Å². The van der Waals surface area contributed by atoms with E-state index in [4.69, 9.17) is 5.11 Å². The highest BCUT2D eigenvalue weighted by Gasteiger charge is 2.25. The zero-order valence-corrected chi connectivity index (χ0v) is 12.2. The molecule has 0 aliphatic carbocycles. The maximum atomic E-state index is 12.4. The lowest BCUT2D eigenvalue weighted by atomic mass is 10.1. The topological polar surface area (TPSA) is 43.8 Å². The molecule has 1 atom stereocenters. The number of hydrogen-bond donors (Lipinski definition) is 1. The van der Waals surface area contributed by atoms with Crippen molar-refractivity contribution in [3.63, 3.8) is 0 Å². The molecule has 0 spiro atoms. The van der Waals surface area contributed by atoms with Crippen molar-refractivity contribution in [2.75, 3.05) is 37.7 Å². The molecule has 1 amide bonds. The molecule has 1 fully saturated rings. The first kappa shape index (κ1) is 15.0. The van der Waals surface area contributed by atoms with Crippen molar-refractivity contribution in [2.45, 2.75) is 19.8 Å². The largest absolute Gasteiger partial charge is 0.396 e. The van der Waals surface area contributed by atoms with Gasteiger partial charge in [0.15, 0.2) is 0 Å². The zero-order chi connectivity index (χ0) is 14.4. The van der Waals surface area contributed by atoms with Crippen LogP contribution in [0.15, 0.2) is 30.3 Å². The lowest BCUT2D eigenvalue weighted by molar-refractivity contribution is -0.119. The number of benzene rings is 1. The van der Waals surface area contributed by atoms with Gasteiger partial charge in [0.1, 0.15) is 0 Å². The summed E-state index contributed by atoms with van der Waals surface area (Å²) < 4.78 is 0. The van der Waals surface area contributed by atoms with Gasteiger partial charge < -0.3 is 10.0 Å². The minimum atomic E-state index is 0.156. The van der Waals surface area contributed by atoms with E-state index in [-0.39, 0.29) is 12.5 Å². The molecule has 2 rings (SSSR count). The molecular formula is C16H24N2O2. The third kappa shape index (κ3) is 3.81. The Morgan fingerprint density at radius 2 is 2.15 bits per heavy atom. The molecule has 1 aliphatic rings. The predicted octanol–water partition coefficient (Wildman–Crippen LogP) is 1.74. The Hall–Kier alpha value is -1.39. The van der Waals surface area contributed by atoms with Gasteiger partial charge in [-0.2, -0.15) is 0 Å². The van der Waals surface area contributed by atoms with Gasteiger partial charge in [0.2, 0.25) is 5.91 Å². The average molecular weight is 276 g/mol. The van der Waals surface area contributed by atoms with Gasteiger partial charge in [-0.3, -0.25) is 9.69 Å². The summed E-state index contributed by atoms with van der Waals surface area (Å²) in [4.78, 5) is 16.5. The number of carbonyl (C=O) groups is 1. The highest BCUT2D eigenvalue weighted by atomic mass is 16.3. The molecule has 110 valence electrons. The number of aliphatic hydroxyl groups excluding tert-OH is 1. The summed E-state index contributed by atoms with van der Waals surface area (Å²) in [7, 11) is 0. The molecule has 4 heteroatoms. The Labute approximate surface area is 121 Å². The summed E-state index contributed by atoms with van der Waals surface area (Å²) in [5.74, 6) is 0.697. The van der Waals surface area contributed by atoms with E-state index in [2.05, 4.69) is 4.90 Å². The Balaban J connectivity index is 1.91. The van der Waals surface area contributed by atoms with Crippen molar-refractivity contribution >= 4 is 11.6 Å². The van der Waals surface area contributed by atoms with Gasteiger partial charge in [0.25, 0.3) is 0 Å². The zero-order valence-electron chi connectivity index (χ0n) is 12.2. The molecule has 1 saturated heterocycles. The number of likely N-dealkylation sites (tertiary alicyclic amines) is 1. The third-order valence-corrected chi connectivity index (χ3v) is 3.95. The molecule has 1 unspecified atom stereocenters. The van der Waals surface area contributed by atoms with Crippen LogP contribution < -0.4 is 4.90 Å². The van der Waals surface area contributed by atoms with Gasteiger partial charge >= 0.3 is 0 Å². The number of anilines is 1. The smallest absolute Gasteiger partial charge is 0.241 e. The quantitative estimate of drug-likeness (QED) is 0.861. The van der Waals surface area contributed by atoms with Crippen LogP contribution in [0.3, 0.4) is 0 Å². The molecule has 1 N–H and O–H groups in total. The molecule has 1 aromatic rings. The van der Waals surface area contributed by atoms with Crippen molar-refractivity contribution in [3.8, 4) is 0 Å². The van der Waals surface area contributed by atoms with E-state index >= 15 is 0 Å². The minimum Gasteiger partial charge on any atom is -0.396 e. The number of aliphatic hydroxyl groups is 1. The van der Waals surface area contributed by atoms with Crippen LogP contribution in [0, 0.1) is 5.92 Å². The van der Waals surface area contributed by atoms with E-state index in [1.807, 2.05) is 42.2 Å². The van der Waals surface area contributed by atoms with Crippen LogP contribution in [-0.4, -0.2) is 48.7 Å². The van der Waals surface area contributed by atoms with Crippen molar-refractivity contribution < 1.29 is 9.90 Å². The van der Waals surface area contributed by atoms with Gasteiger partial charge in [-0.1, -0.05) is 18.2 Å². The molecule has 0 aromatic heterocycles. The SMILES string of the molecule is CCN(C(=O)CN1CCC(CCO)C1)c1ccccc1. The first-order chi connectivity index (χ1) is 9.74. The fourth-order valence-electron chi connectivity index (χ4n) is 2.86. The van der Waals surface area contributed by atoms with E-state index in [0.717, 1.165) is 31.6 Å². The standard InChI is InChI=1S/C16H24N2O2/c1-2-18(15-6-4-3-5-7-15)16(20)13-17-10-8-14(12-17)9-11-19/h3-7,14,19H,2,8-13H2,1H3. The minimum absolute atomic E-state index is 0.156. The Morgan fingerprint density at radius 1 is 1.40 bits per heavy atom. The number of amides is 1. The van der Waals surface area contributed by atoms with Crippen LogP contribution in [0.25, 0.3) is 0 Å². The van der Waals surface area contributed by atoms with Crippen LogP contribution >= 0.6 is 0 Å². The maximum absolute atomic E-state index is 12.4. The van der Waals surface area contributed by atoms with Crippen molar-refractivity contribution in [1.82, 2.24) is 4.90 Å². The first-order valence-electron chi connectivity index (χ1n) is 7.43. The molecule has 1 aliphatic heterocycles. The lowest BCUT2D eigenvalue weighted by Crippen LogP contribution is -2.39. The lowest BCUT2D eigenvalue weighted by Gasteiger charge is -2.24. The third-order valence-electron chi connectivity index (χ3n) is 3.95. The monoisotopic (exact) mass is 276 g/mol. The van der Waals surface area contributed by atoms with E-state index in [1.165, 1.54) is 0 Å². The maximum Gasteiger partial charge on any atom is 0.241 e. The molecule has 0 bridgehead atoms. The van der Waals surface area contributed by atoms with Gasteiger partial charge in [-0.15, -0.1) is 0 Å². The second-order valence-corrected chi connectivity index (χ2v) is 5.38. The molecular weight excluding hydrogens is 252 g/mol. The summed E-state index contributed by atoms with van der Waals surface area (Å²) in [6, 6.07) is 9.82. The van der Waals surface area contributed by atoms with Gasteiger partial charge in [-0.25, -0.2) is 0 Å². The van der Waals surface area contributed by atoms with E-state index < -0.39 is 0 Å². The number of para-hydroxylation sites is 1. The highest BCUT2D eigenvalue weighted by Crippen LogP contribution is 2.20. The van der Waals surface area contributed by atoms with Crippen LogP contribution in [0.1, 0.15) is 19.8 Å². The van der Waals surface area contributed by atoms with Gasteiger partial charge in [0, 0.05) is 25.4 Å². The van der Waals surface area contributed by atoms with Crippen LogP contribution in [0.4, 0.5) is 5.69 Å². The first-order valence-corrected chi connectivity index (χ1v) is 7.43. The Bertz CT molecular complexity index is 422. The normalized spacial score (nSPS) is 19.2. The summed E-state index contributed by atoms with van der Waals surface area (Å²) in [6.07, 6.45) is 1.94. The van der Waals surface area contributed by atoms with Gasteiger partial charge in [-0.05, 0) is 44.4 Å². The van der Waals surface area contributed by atoms with Gasteiger partial charge in [0.05, 0.1) is 6.54 Å². The summed E-state index contributed by atoms with van der Waals surface area (Å²) in [6.45, 7) is 5.31. The number of carbonyl (C=O) groups excluding carboxylic acids is 1. The van der Waals surface area contributed by atoms with E-state index in [1.54, 1.807) is 0 Å². The number of rotatable bonds is 6. The van der Waals surface area contributed by atoms with Crippen molar-refractivity contribution in [3.05, 3.63) is 30.3 Å². The summed E-state index contributed by atoms with van der Waals surface area (Å²) in [5, 5.41) is 8.98. The number of hydrogen-bond acceptors (Lipinski definition) is 3. The summed E-state index contributed by atoms with van der Waals surface area (Å²) >= 11 is 0. The van der Waals surface area contributed by atoms with E-state index in [9.17, 15) is 4.79 Å². The fraction of sp³-hybridized carbons (Fsp3) is 0.562. The Kier molecular flexibility index (Phi) is 5.56.